The molecule has 0 aliphatic carbocycles. The van der Waals surface area contributed by atoms with Gasteiger partial charge in [-0.25, -0.2) is 4.98 Å². The second-order valence-electron chi connectivity index (χ2n) is 5.47. The number of aromatic nitrogens is 1. The van der Waals surface area contributed by atoms with E-state index in [-0.39, 0.29) is 18.3 Å². The van der Waals surface area contributed by atoms with Crippen LogP contribution in [-0.2, 0) is 17.5 Å². The number of rotatable bonds is 3. The van der Waals surface area contributed by atoms with Gasteiger partial charge in [0.05, 0.1) is 0 Å². The lowest BCUT2D eigenvalue weighted by Gasteiger charge is -2.29. The van der Waals surface area contributed by atoms with Gasteiger partial charge in [0.25, 0.3) is 0 Å². The molecular formula is C14H19F3N4O. The third kappa shape index (κ3) is 3.16. The maximum Gasteiger partial charge on any atom is 0.433 e. The van der Waals surface area contributed by atoms with Crippen molar-refractivity contribution >= 4 is 11.7 Å². The van der Waals surface area contributed by atoms with Crippen molar-refractivity contribution in [3.05, 3.63) is 23.4 Å². The number of pyridine rings is 1. The number of carbonyl (C=O) groups is 1. The van der Waals surface area contributed by atoms with Crippen molar-refractivity contribution in [3.8, 4) is 0 Å². The van der Waals surface area contributed by atoms with Crippen molar-refractivity contribution in [2.45, 2.75) is 31.6 Å². The Morgan fingerprint density at radius 1 is 1.45 bits per heavy atom. The molecule has 1 atom stereocenters. The van der Waals surface area contributed by atoms with Gasteiger partial charge in [0.1, 0.15) is 17.6 Å². The summed E-state index contributed by atoms with van der Waals surface area (Å²) in [6.07, 6.45) is -3.20. The van der Waals surface area contributed by atoms with E-state index in [0.29, 0.717) is 18.5 Å². The zero-order valence-corrected chi connectivity index (χ0v) is 12.5. The molecule has 22 heavy (non-hydrogen) atoms. The number of carbonyl (C=O) groups excluding carboxylic acids is 1. The molecule has 5 nitrogen and oxygen atoms in total. The van der Waals surface area contributed by atoms with Gasteiger partial charge in [-0.2, -0.15) is 13.2 Å². The molecule has 2 rings (SSSR count). The molecule has 0 bridgehead atoms. The second kappa shape index (κ2) is 6.12. The topological polar surface area (TPSA) is 62.5 Å². The predicted molar refractivity (Wildman–Crippen MR) is 76.2 cm³/mol. The number of nitrogens with two attached hydrogens (primary N) is 1. The van der Waals surface area contributed by atoms with E-state index < -0.39 is 17.9 Å². The van der Waals surface area contributed by atoms with Crippen LogP contribution in [0.2, 0.25) is 0 Å². The Balaban J connectivity index is 2.43. The van der Waals surface area contributed by atoms with Crippen LogP contribution in [0.15, 0.2) is 12.1 Å². The highest BCUT2D eigenvalue weighted by Crippen LogP contribution is 2.33. The van der Waals surface area contributed by atoms with Crippen molar-refractivity contribution < 1.29 is 18.0 Å². The Labute approximate surface area is 126 Å². The number of alkyl halides is 3. The summed E-state index contributed by atoms with van der Waals surface area (Å²) in [5.41, 5.74) is 5.15. The molecule has 1 fully saturated rings. The maximum atomic E-state index is 12.9. The number of anilines is 1. The summed E-state index contributed by atoms with van der Waals surface area (Å²) in [4.78, 5) is 19.0. The molecule has 8 heteroatoms. The fourth-order valence-corrected chi connectivity index (χ4v) is 2.62. The second-order valence-corrected chi connectivity index (χ2v) is 5.47. The first kappa shape index (κ1) is 16.5. The summed E-state index contributed by atoms with van der Waals surface area (Å²) < 4.78 is 38.7. The highest BCUT2D eigenvalue weighted by atomic mass is 19.4. The molecule has 0 aromatic carbocycles. The molecule has 0 unspecified atom stereocenters. The van der Waals surface area contributed by atoms with Crippen molar-refractivity contribution in [2.75, 3.05) is 25.5 Å². The third-order valence-corrected chi connectivity index (χ3v) is 3.72. The van der Waals surface area contributed by atoms with Crippen LogP contribution in [-0.4, -0.2) is 42.5 Å². The van der Waals surface area contributed by atoms with Gasteiger partial charge in [0, 0.05) is 32.7 Å². The molecule has 122 valence electrons. The fourth-order valence-electron chi connectivity index (χ4n) is 2.62. The summed E-state index contributed by atoms with van der Waals surface area (Å²) in [5, 5.41) is 0. The fraction of sp³-hybridized carbons (Fsp3) is 0.571. The van der Waals surface area contributed by atoms with Gasteiger partial charge in [-0.3, -0.25) is 4.79 Å². The molecule has 0 saturated carbocycles. The molecule has 0 spiro atoms. The van der Waals surface area contributed by atoms with Gasteiger partial charge in [0.2, 0.25) is 5.91 Å². The highest BCUT2D eigenvalue weighted by Gasteiger charge is 2.37. The van der Waals surface area contributed by atoms with Crippen LogP contribution in [0.25, 0.3) is 0 Å². The molecule has 1 saturated heterocycles. The minimum absolute atomic E-state index is 0.0693. The molecule has 2 N–H and O–H groups in total. The van der Waals surface area contributed by atoms with Crippen molar-refractivity contribution in [1.29, 1.82) is 0 Å². The van der Waals surface area contributed by atoms with Gasteiger partial charge >= 0.3 is 6.18 Å². The maximum absolute atomic E-state index is 12.9. The smallest absolute Gasteiger partial charge is 0.347 e. The van der Waals surface area contributed by atoms with Crippen LogP contribution >= 0.6 is 0 Å². The van der Waals surface area contributed by atoms with E-state index in [9.17, 15) is 18.0 Å². The first-order chi connectivity index (χ1) is 10.3. The van der Waals surface area contributed by atoms with E-state index in [2.05, 4.69) is 4.98 Å². The summed E-state index contributed by atoms with van der Waals surface area (Å²) in [7, 11) is 3.25. The van der Waals surface area contributed by atoms with Gasteiger partial charge in [0.15, 0.2) is 0 Å². The van der Waals surface area contributed by atoms with Gasteiger partial charge < -0.3 is 15.5 Å². The number of nitrogens with zero attached hydrogens (tertiary/aromatic N) is 3. The molecule has 1 aliphatic rings. The van der Waals surface area contributed by atoms with E-state index in [1.54, 1.807) is 19.0 Å². The lowest BCUT2D eigenvalue weighted by Crippen LogP contribution is -2.43. The van der Waals surface area contributed by atoms with Crippen LogP contribution in [0, 0.1) is 0 Å². The van der Waals surface area contributed by atoms with Gasteiger partial charge in [-0.05, 0) is 18.9 Å². The third-order valence-electron chi connectivity index (χ3n) is 3.72. The van der Waals surface area contributed by atoms with Crippen molar-refractivity contribution in [1.82, 2.24) is 9.88 Å². The average molecular weight is 316 g/mol. The quantitative estimate of drug-likeness (QED) is 0.920. The first-order valence-corrected chi connectivity index (χ1v) is 7.00. The average Bonchev–Trinajstić information content (AvgIpc) is 2.93. The minimum Gasteiger partial charge on any atom is -0.347 e. The van der Waals surface area contributed by atoms with E-state index in [0.717, 1.165) is 12.5 Å². The normalized spacial score (nSPS) is 18.6. The Hall–Kier alpha value is -1.83. The molecule has 1 aromatic heterocycles. The molecule has 1 aliphatic heterocycles. The van der Waals surface area contributed by atoms with E-state index in [1.807, 2.05) is 0 Å². The Bertz CT molecular complexity index is 560. The highest BCUT2D eigenvalue weighted by molar-refractivity contribution is 5.85. The number of hydrogen-bond donors (Lipinski definition) is 1. The van der Waals surface area contributed by atoms with Gasteiger partial charge in [-0.1, -0.05) is 6.07 Å². The van der Waals surface area contributed by atoms with Gasteiger partial charge in [-0.15, -0.1) is 0 Å². The monoisotopic (exact) mass is 316 g/mol. The summed E-state index contributed by atoms with van der Waals surface area (Å²) in [5.74, 6) is 0.0229. The van der Waals surface area contributed by atoms with Crippen LogP contribution < -0.4 is 10.6 Å². The summed E-state index contributed by atoms with van der Waals surface area (Å²) >= 11 is 0. The molecule has 2 heterocycles. The van der Waals surface area contributed by atoms with Crippen LogP contribution in [0.5, 0.6) is 0 Å². The number of halogens is 3. The van der Waals surface area contributed by atoms with E-state index in [4.69, 9.17) is 5.73 Å². The summed E-state index contributed by atoms with van der Waals surface area (Å²) in [6.45, 7) is 0.561. The lowest BCUT2D eigenvalue weighted by molar-refractivity contribution is -0.141. The van der Waals surface area contributed by atoms with Crippen LogP contribution in [0.3, 0.4) is 0 Å². The van der Waals surface area contributed by atoms with Crippen molar-refractivity contribution in [2.24, 2.45) is 5.73 Å². The molecule has 1 amide bonds. The van der Waals surface area contributed by atoms with E-state index in [1.165, 1.54) is 11.0 Å². The van der Waals surface area contributed by atoms with Crippen LogP contribution in [0.1, 0.15) is 24.1 Å². The predicted octanol–water partition coefficient (Wildman–Crippen LogP) is 1.62. The number of amides is 1. The standard InChI is InChI=1S/C14H19F3N4O/c1-20(2)13(22)10-4-3-7-21(10)12-9(8-18)5-6-11(19-12)14(15,16)17/h5-6,10H,3-4,7-8,18H2,1-2H3/t10-/m0/s1. The Morgan fingerprint density at radius 3 is 2.68 bits per heavy atom. The first-order valence-electron chi connectivity index (χ1n) is 7.00. The minimum atomic E-state index is -4.53. The Morgan fingerprint density at radius 2 is 2.14 bits per heavy atom. The molecule has 1 aromatic rings. The lowest BCUT2D eigenvalue weighted by atomic mass is 10.1. The number of hydrogen-bond acceptors (Lipinski definition) is 4. The zero-order valence-electron chi connectivity index (χ0n) is 12.5. The molecule has 0 radical (unpaired) electrons. The Kier molecular flexibility index (Phi) is 4.60. The summed E-state index contributed by atoms with van der Waals surface area (Å²) in [6, 6.07) is 1.77. The van der Waals surface area contributed by atoms with Crippen molar-refractivity contribution in [3.63, 3.8) is 0 Å². The molecular weight excluding hydrogens is 297 g/mol. The SMILES string of the molecule is CN(C)C(=O)[C@@H]1CCCN1c1nc(C(F)(F)F)ccc1CN. The number of likely N-dealkylation sites (N-methyl/N-ethyl adjacent to an activating group) is 1. The largest absolute Gasteiger partial charge is 0.433 e. The van der Waals surface area contributed by atoms with E-state index >= 15 is 0 Å². The van der Waals surface area contributed by atoms with Crippen LogP contribution in [0.4, 0.5) is 19.0 Å². The zero-order chi connectivity index (χ0) is 16.5.